The van der Waals surface area contributed by atoms with Crippen LogP contribution in [0.5, 0.6) is 5.75 Å². The van der Waals surface area contributed by atoms with Crippen molar-refractivity contribution in [1.29, 1.82) is 0 Å². The molecular weight excluding hydrogens is 378 g/mol. The number of nitrogens with one attached hydrogen (secondary N) is 1. The molecule has 6 heteroatoms. The maximum absolute atomic E-state index is 13.3. The summed E-state index contributed by atoms with van der Waals surface area (Å²) in [5.41, 5.74) is 2.19. The van der Waals surface area contributed by atoms with E-state index in [4.69, 9.17) is 4.98 Å². The Balaban J connectivity index is 1.79. The fourth-order valence-corrected chi connectivity index (χ4v) is 4.90. The molecule has 0 spiro atoms. The van der Waals surface area contributed by atoms with Crippen LogP contribution < -0.4 is 5.32 Å². The Hall–Kier alpha value is -2.63. The average molecular weight is 410 g/mol. The Kier molecular flexibility index (Phi) is 5.93. The van der Waals surface area contributed by atoms with Gasteiger partial charge in [-0.2, -0.15) is 0 Å². The van der Waals surface area contributed by atoms with Gasteiger partial charge in [0, 0.05) is 6.04 Å². The smallest absolute Gasteiger partial charge is 0.204 e. The minimum atomic E-state index is -0.583. The Morgan fingerprint density at radius 3 is 2.33 bits per heavy atom. The Bertz CT molecular complexity index is 926. The third-order valence-corrected chi connectivity index (χ3v) is 6.59. The second-order valence-electron chi connectivity index (χ2n) is 8.59. The van der Waals surface area contributed by atoms with Crippen molar-refractivity contribution in [2.75, 3.05) is 5.32 Å². The number of carbonyl (C=O) groups excluding carboxylic acids is 2. The molecule has 2 aliphatic carbocycles. The number of phenols is 1. The number of aromatic hydroxyl groups is 1. The molecule has 0 bridgehead atoms. The lowest BCUT2D eigenvalue weighted by Crippen LogP contribution is -2.36. The summed E-state index contributed by atoms with van der Waals surface area (Å²) < 4.78 is 1.97. The van der Waals surface area contributed by atoms with Gasteiger partial charge in [-0.3, -0.25) is 9.59 Å². The molecule has 1 heterocycles. The molecule has 1 saturated carbocycles. The summed E-state index contributed by atoms with van der Waals surface area (Å²) in [5.74, 6) is -0.0981. The van der Waals surface area contributed by atoms with Crippen LogP contribution in [-0.4, -0.2) is 32.3 Å². The van der Waals surface area contributed by atoms with Crippen LogP contribution in [-0.2, 0) is 11.3 Å². The van der Waals surface area contributed by atoms with Gasteiger partial charge < -0.3 is 15.0 Å². The number of ketones is 2. The van der Waals surface area contributed by atoms with E-state index in [-0.39, 0.29) is 23.2 Å². The fraction of sp³-hybridized carbons (Fsp3) is 0.542. The molecule has 160 valence electrons. The third kappa shape index (κ3) is 3.75. The zero-order valence-electron chi connectivity index (χ0n) is 17.9. The normalized spacial score (nSPS) is 22.2. The molecule has 0 amide bonds. The molecule has 4 rings (SSSR count). The van der Waals surface area contributed by atoms with Crippen LogP contribution in [0.15, 0.2) is 24.3 Å². The number of imidazole rings is 1. The first kappa shape index (κ1) is 20.6. The molecule has 0 radical (unpaired) electrons. The Morgan fingerprint density at radius 2 is 1.70 bits per heavy atom. The van der Waals surface area contributed by atoms with E-state index < -0.39 is 5.92 Å². The zero-order valence-corrected chi connectivity index (χ0v) is 17.9. The number of aromatic nitrogens is 2. The van der Waals surface area contributed by atoms with Gasteiger partial charge >= 0.3 is 0 Å². The highest BCUT2D eigenvalue weighted by molar-refractivity contribution is 6.16. The lowest BCUT2D eigenvalue weighted by atomic mass is 9.77. The number of rotatable bonds is 6. The number of fused-ring (bicyclic) bond motifs is 1. The van der Waals surface area contributed by atoms with E-state index in [0.717, 1.165) is 18.4 Å². The summed E-state index contributed by atoms with van der Waals surface area (Å²) >= 11 is 0. The first-order valence-electron chi connectivity index (χ1n) is 11.3. The summed E-state index contributed by atoms with van der Waals surface area (Å²) in [6.45, 7) is 4.37. The van der Waals surface area contributed by atoms with Gasteiger partial charge in [0.15, 0.2) is 11.6 Å². The van der Waals surface area contributed by atoms with Crippen molar-refractivity contribution in [2.45, 2.75) is 77.3 Å². The lowest BCUT2D eigenvalue weighted by molar-refractivity contribution is -0.123. The topological polar surface area (TPSA) is 84.2 Å². The van der Waals surface area contributed by atoms with Gasteiger partial charge in [0.05, 0.1) is 24.1 Å². The largest absolute Gasteiger partial charge is 0.508 e. The minimum Gasteiger partial charge on any atom is -0.508 e. The first-order chi connectivity index (χ1) is 14.5. The van der Waals surface area contributed by atoms with E-state index >= 15 is 0 Å². The second kappa shape index (κ2) is 8.62. The lowest BCUT2D eigenvalue weighted by Gasteiger charge is -2.26. The highest BCUT2D eigenvalue weighted by atomic mass is 16.3. The standard InChI is InChI=1S/C24H31N3O3/c1-3-18-20-21(23(30)19(4-2)22(18)29)27(14-15-10-12-17(28)13-11-15)24(26-20)25-16-8-6-5-7-9-16/h10-13,16,18-19,28H,3-9,14H2,1-2H3,(H,25,26). The fourth-order valence-electron chi connectivity index (χ4n) is 4.90. The van der Waals surface area contributed by atoms with Crippen LogP contribution in [0.4, 0.5) is 5.95 Å². The number of nitrogens with zero attached hydrogens (tertiary/aromatic N) is 2. The van der Waals surface area contributed by atoms with Gasteiger partial charge in [0.1, 0.15) is 11.4 Å². The van der Waals surface area contributed by atoms with Crippen molar-refractivity contribution in [3.8, 4) is 5.75 Å². The predicted molar refractivity (Wildman–Crippen MR) is 116 cm³/mol. The summed E-state index contributed by atoms with van der Waals surface area (Å²) in [6.07, 6.45) is 7.01. The predicted octanol–water partition coefficient (Wildman–Crippen LogP) is 4.67. The minimum absolute atomic E-state index is 0.0102. The van der Waals surface area contributed by atoms with Crippen LogP contribution >= 0.6 is 0 Å². The molecule has 2 aliphatic rings. The van der Waals surface area contributed by atoms with E-state index in [1.54, 1.807) is 12.1 Å². The van der Waals surface area contributed by atoms with E-state index in [0.29, 0.717) is 42.8 Å². The molecule has 0 saturated heterocycles. The molecule has 2 N–H and O–H groups in total. The zero-order chi connectivity index (χ0) is 21.3. The monoisotopic (exact) mass is 409 g/mol. The molecule has 2 aromatic rings. The number of anilines is 1. The molecule has 6 nitrogen and oxygen atoms in total. The molecule has 0 aliphatic heterocycles. The Morgan fingerprint density at radius 1 is 1.03 bits per heavy atom. The highest BCUT2D eigenvalue weighted by Gasteiger charge is 2.43. The SMILES string of the molecule is CCC1C(=O)c2c(nc(NC3CCCCC3)n2Cc2ccc(O)cc2)C(CC)C1=O. The van der Waals surface area contributed by atoms with Crippen molar-refractivity contribution < 1.29 is 14.7 Å². The van der Waals surface area contributed by atoms with Crippen molar-refractivity contribution in [3.63, 3.8) is 0 Å². The molecule has 1 fully saturated rings. The van der Waals surface area contributed by atoms with Crippen LogP contribution in [0, 0.1) is 5.92 Å². The van der Waals surface area contributed by atoms with Gasteiger partial charge in [-0.05, 0) is 43.4 Å². The highest BCUT2D eigenvalue weighted by Crippen LogP contribution is 2.38. The van der Waals surface area contributed by atoms with E-state index in [2.05, 4.69) is 5.32 Å². The number of benzene rings is 1. The first-order valence-corrected chi connectivity index (χ1v) is 11.3. The van der Waals surface area contributed by atoms with E-state index in [9.17, 15) is 14.7 Å². The molecule has 30 heavy (non-hydrogen) atoms. The van der Waals surface area contributed by atoms with Crippen molar-refractivity contribution in [3.05, 3.63) is 41.2 Å². The third-order valence-electron chi connectivity index (χ3n) is 6.59. The van der Waals surface area contributed by atoms with Gasteiger partial charge in [0.25, 0.3) is 0 Å². The van der Waals surface area contributed by atoms with Crippen LogP contribution in [0.1, 0.15) is 86.5 Å². The van der Waals surface area contributed by atoms with Gasteiger partial charge in [-0.25, -0.2) is 4.98 Å². The van der Waals surface area contributed by atoms with Gasteiger partial charge in [-0.15, -0.1) is 0 Å². The number of hydrogen-bond acceptors (Lipinski definition) is 5. The quantitative estimate of drug-likeness (QED) is 0.678. The van der Waals surface area contributed by atoms with E-state index in [1.165, 1.54) is 19.3 Å². The summed E-state index contributed by atoms with van der Waals surface area (Å²) in [7, 11) is 0. The van der Waals surface area contributed by atoms with E-state index in [1.807, 2.05) is 30.5 Å². The number of carbonyl (C=O) groups is 2. The molecule has 1 aromatic heterocycles. The maximum Gasteiger partial charge on any atom is 0.204 e. The number of phenolic OH excluding ortho intramolecular Hbond substituents is 1. The van der Waals surface area contributed by atoms with Crippen LogP contribution in [0.3, 0.4) is 0 Å². The molecular formula is C24H31N3O3. The average Bonchev–Trinajstić information content (AvgIpc) is 3.09. The van der Waals surface area contributed by atoms with Crippen molar-refractivity contribution >= 4 is 17.5 Å². The Labute approximate surface area is 177 Å². The van der Waals surface area contributed by atoms with Crippen LogP contribution in [0.25, 0.3) is 0 Å². The number of hydrogen-bond donors (Lipinski definition) is 2. The molecule has 2 unspecified atom stereocenters. The van der Waals surface area contributed by atoms with Gasteiger partial charge in [0.2, 0.25) is 5.95 Å². The van der Waals surface area contributed by atoms with Crippen molar-refractivity contribution in [1.82, 2.24) is 9.55 Å². The van der Waals surface area contributed by atoms with Crippen LogP contribution in [0.2, 0.25) is 0 Å². The summed E-state index contributed by atoms with van der Waals surface area (Å²) in [6, 6.07) is 7.37. The maximum atomic E-state index is 13.3. The summed E-state index contributed by atoms with van der Waals surface area (Å²) in [4.78, 5) is 31.1. The number of Topliss-reactive ketones (excluding diaryl/α,β-unsaturated/α-hetero) is 2. The summed E-state index contributed by atoms with van der Waals surface area (Å²) in [5, 5.41) is 13.2. The van der Waals surface area contributed by atoms with Crippen molar-refractivity contribution in [2.24, 2.45) is 5.92 Å². The molecule has 2 atom stereocenters. The molecule has 1 aromatic carbocycles. The van der Waals surface area contributed by atoms with Gasteiger partial charge in [-0.1, -0.05) is 45.2 Å². The second-order valence-corrected chi connectivity index (χ2v) is 8.59.